The van der Waals surface area contributed by atoms with Gasteiger partial charge in [0.05, 0.1) is 19.0 Å². The summed E-state index contributed by atoms with van der Waals surface area (Å²) in [7, 11) is 2.12. The van der Waals surface area contributed by atoms with Gasteiger partial charge in [-0.25, -0.2) is 15.0 Å². The smallest absolute Gasteiger partial charge is 0.238 e. The molecule has 3 aromatic rings. The van der Waals surface area contributed by atoms with Crippen molar-refractivity contribution >= 4 is 29.2 Å². The van der Waals surface area contributed by atoms with E-state index in [0.717, 1.165) is 32.0 Å². The molecule has 0 aliphatic carbocycles. The van der Waals surface area contributed by atoms with Gasteiger partial charge in [0.15, 0.2) is 11.6 Å². The molecule has 30 heavy (non-hydrogen) atoms. The van der Waals surface area contributed by atoms with Crippen molar-refractivity contribution < 1.29 is 9.21 Å². The zero-order valence-electron chi connectivity index (χ0n) is 16.6. The Kier molecular flexibility index (Phi) is 6.26. The van der Waals surface area contributed by atoms with Crippen LogP contribution in [-0.4, -0.2) is 65.5 Å². The quantitative estimate of drug-likeness (QED) is 0.611. The van der Waals surface area contributed by atoms with Crippen LogP contribution in [0.2, 0.25) is 0 Å². The van der Waals surface area contributed by atoms with Crippen LogP contribution in [0.1, 0.15) is 0 Å². The van der Waals surface area contributed by atoms with Gasteiger partial charge < -0.3 is 25.3 Å². The van der Waals surface area contributed by atoms with Gasteiger partial charge in [-0.15, -0.1) is 0 Å². The predicted molar refractivity (Wildman–Crippen MR) is 115 cm³/mol. The van der Waals surface area contributed by atoms with Crippen LogP contribution in [0.3, 0.4) is 0 Å². The molecule has 0 unspecified atom stereocenters. The first-order chi connectivity index (χ1) is 14.6. The van der Waals surface area contributed by atoms with Crippen molar-refractivity contribution in [2.45, 2.75) is 10.1 Å². The zero-order chi connectivity index (χ0) is 20.9. The molecule has 1 amide bonds. The van der Waals surface area contributed by atoms with E-state index in [2.05, 4.69) is 27.1 Å². The van der Waals surface area contributed by atoms with Gasteiger partial charge in [-0.1, -0.05) is 0 Å². The van der Waals surface area contributed by atoms with Crippen molar-refractivity contribution in [2.24, 2.45) is 5.73 Å². The fourth-order valence-electron chi connectivity index (χ4n) is 3.11. The molecule has 0 aromatic carbocycles. The number of carbonyl (C=O) groups excluding carboxylic acids is 1. The number of aromatic nitrogens is 3. The molecular weight excluding hydrogens is 402 g/mol. The standard InChI is InChI=1S/C20H23N7O2S/c1-26-6-8-27(9-7-26)20-19(15-3-2-10-29-15)25-18(13-23-20)30-17-11-14(4-5-22-17)24-16(28)12-21/h2-5,10-11,13H,6-9,12,21H2,1H3,(H,22,24,28). The van der Waals surface area contributed by atoms with E-state index in [9.17, 15) is 4.79 Å². The summed E-state index contributed by atoms with van der Waals surface area (Å²) in [6, 6.07) is 7.23. The predicted octanol–water partition coefficient (Wildman–Crippen LogP) is 1.93. The SMILES string of the molecule is CN1CCN(c2ncc(Sc3cc(NC(=O)CN)ccn3)nc2-c2ccco2)CC1. The number of nitrogens with one attached hydrogen (secondary N) is 1. The molecule has 3 N–H and O–H groups in total. The summed E-state index contributed by atoms with van der Waals surface area (Å²) < 4.78 is 5.63. The monoisotopic (exact) mass is 425 g/mol. The minimum atomic E-state index is -0.256. The van der Waals surface area contributed by atoms with Crippen LogP contribution in [0, 0.1) is 0 Å². The number of pyridine rings is 1. The van der Waals surface area contributed by atoms with Crippen LogP contribution in [0.4, 0.5) is 11.5 Å². The normalized spacial score (nSPS) is 14.7. The molecule has 1 saturated heterocycles. The van der Waals surface area contributed by atoms with Gasteiger partial charge >= 0.3 is 0 Å². The number of nitrogens with zero attached hydrogens (tertiary/aromatic N) is 5. The van der Waals surface area contributed by atoms with Crippen LogP contribution >= 0.6 is 11.8 Å². The highest BCUT2D eigenvalue weighted by atomic mass is 32.2. The topological polar surface area (TPSA) is 113 Å². The summed E-state index contributed by atoms with van der Waals surface area (Å²) in [4.78, 5) is 29.9. The molecule has 1 aliphatic heterocycles. The van der Waals surface area contributed by atoms with Gasteiger partial charge in [0.25, 0.3) is 0 Å². The lowest BCUT2D eigenvalue weighted by atomic mass is 10.2. The van der Waals surface area contributed by atoms with E-state index in [1.807, 2.05) is 12.1 Å². The summed E-state index contributed by atoms with van der Waals surface area (Å²) in [5.41, 5.74) is 6.71. The van der Waals surface area contributed by atoms with E-state index < -0.39 is 0 Å². The highest BCUT2D eigenvalue weighted by Crippen LogP contribution is 2.33. The lowest BCUT2D eigenvalue weighted by Crippen LogP contribution is -2.45. The van der Waals surface area contributed by atoms with Crippen LogP contribution in [-0.2, 0) is 4.79 Å². The fraction of sp³-hybridized carbons (Fsp3) is 0.300. The maximum Gasteiger partial charge on any atom is 0.238 e. The van der Waals surface area contributed by atoms with Crippen LogP contribution < -0.4 is 16.0 Å². The van der Waals surface area contributed by atoms with Gasteiger partial charge in [0.2, 0.25) is 5.91 Å². The third kappa shape index (κ3) is 4.78. The number of nitrogens with two attached hydrogens (primary N) is 1. The molecule has 0 bridgehead atoms. The molecule has 1 fully saturated rings. The number of anilines is 2. The highest BCUT2D eigenvalue weighted by Gasteiger charge is 2.22. The minimum Gasteiger partial charge on any atom is -0.463 e. The Balaban J connectivity index is 1.60. The number of amides is 1. The van der Waals surface area contributed by atoms with Crippen molar-refractivity contribution in [3.63, 3.8) is 0 Å². The molecule has 9 nitrogen and oxygen atoms in total. The number of rotatable bonds is 6. The highest BCUT2D eigenvalue weighted by molar-refractivity contribution is 7.99. The maximum atomic E-state index is 11.5. The van der Waals surface area contributed by atoms with Gasteiger partial charge in [0.1, 0.15) is 15.7 Å². The summed E-state index contributed by atoms with van der Waals surface area (Å²) in [5.74, 6) is 1.24. The Morgan fingerprint density at radius 3 is 2.80 bits per heavy atom. The first-order valence-electron chi connectivity index (χ1n) is 9.60. The van der Waals surface area contributed by atoms with Crippen LogP contribution in [0.25, 0.3) is 11.5 Å². The van der Waals surface area contributed by atoms with Gasteiger partial charge in [-0.3, -0.25) is 4.79 Å². The summed E-state index contributed by atoms with van der Waals surface area (Å²) in [6.45, 7) is 3.64. The molecule has 0 atom stereocenters. The Labute approximate surface area is 178 Å². The summed E-state index contributed by atoms with van der Waals surface area (Å²) >= 11 is 1.37. The Morgan fingerprint density at radius 2 is 2.07 bits per heavy atom. The molecule has 1 aliphatic rings. The number of carbonyl (C=O) groups is 1. The largest absolute Gasteiger partial charge is 0.463 e. The van der Waals surface area contributed by atoms with Gasteiger partial charge in [-0.2, -0.15) is 0 Å². The van der Waals surface area contributed by atoms with E-state index in [-0.39, 0.29) is 12.5 Å². The number of hydrogen-bond donors (Lipinski definition) is 2. The molecule has 4 heterocycles. The molecule has 3 aromatic heterocycles. The van der Waals surface area contributed by atoms with Crippen molar-refractivity contribution in [3.05, 3.63) is 42.9 Å². The summed E-state index contributed by atoms with van der Waals surface area (Å²) in [6.07, 6.45) is 5.02. The van der Waals surface area contributed by atoms with Crippen LogP contribution in [0.5, 0.6) is 0 Å². The molecule has 10 heteroatoms. The third-order valence-electron chi connectivity index (χ3n) is 4.70. The number of piperazine rings is 1. The number of likely N-dealkylation sites (N-methyl/N-ethyl adjacent to an activating group) is 1. The average molecular weight is 426 g/mol. The first-order valence-corrected chi connectivity index (χ1v) is 10.4. The van der Waals surface area contributed by atoms with Gasteiger partial charge in [-0.05, 0) is 43.1 Å². The lowest BCUT2D eigenvalue weighted by Gasteiger charge is -2.33. The average Bonchev–Trinajstić information content (AvgIpc) is 3.29. The molecule has 0 radical (unpaired) electrons. The number of furan rings is 1. The molecular formula is C20H23N7O2S. The zero-order valence-corrected chi connectivity index (χ0v) is 17.4. The van der Waals surface area contributed by atoms with Crippen LogP contribution in [0.15, 0.2) is 57.4 Å². The van der Waals surface area contributed by atoms with Gasteiger partial charge in [0, 0.05) is 38.1 Å². The van der Waals surface area contributed by atoms with E-state index >= 15 is 0 Å². The fourth-order valence-corrected chi connectivity index (χ4v) is 3.86. The molecule has 4 rings (SSSR count). The van der Waals surface area contributed by atoms with Crippen molar-refractivity contribution in [1.82, 2.24) is 19.9 Å². The second-order valence-corrected chi connectivity index (χ2v) is 7.93. The Morgan fingerprint density at radius 1 is 1.23 bits per heavy atom. The molecule has 0 saturated carbocycles. The lowest BCUT2D eigenvalue weighted by molar-refractivity contribution is -0.114. The second-order valence-electron chi connectivity index (χ2n) is 6.89. The minimum absolute atomic E-state index is 0.0729. The van der Waals surface area contributed by atoms with E-state index in [1.165, 1.54) is 11.8 Å². The van der Waals surface area contributed by atoms with E-state index in [4.69, 9.17) is 20.1 Å². The van der Waals surface area contributed by atoms with Crippen molar-refractivity contribution in [2.75, 3.05) is 50.0 Å². The first kappa shape index (κ1) is 20.3. The second kappa shape index (κ2) is 9.24. The maximum absolute atomic E-state index is 11.5. The summed E-state index contributed by atoms with van der Waals surface area (Å²) in [5, 5.41) is 4.11. The molecule has 0 spiro atoms. The third-order valence-corrected chi connectivity index (χ3v) is 5.54. The number of hydrogen-bond acceptors (Lipinski definition) is 9. The van der Waals surface area contributed by atoms with Crippen molar-refractivity contribution in [3.8, 4) is 11.5 Å². The van der Waals surface area contributed by atoms with Crippen molar-refractivity contribution in [1.29, 1.82) is 0 Å². The Bertz CT molecular complexity index is 1000. The van der Waals surface area contributed by atoms with E-state index in [1.54, 1.807) is 30.8 Å². The Hall–Kier alpha value is -2.95. The van der Waals surface area contributed by atoms with E-state index in [0.29, 0.717) is 27.2 Å². The molecule has 156 valence electrons.